The largest absolute Gasteiger partial charge is 0.352 e. The molecule has 0 fully saturated rings. The third-order valence-corrected chi connectivity index (χ3v) is 2.77. The summed E-state index contributed by atoms with van der Waals surface area (Å²) in [5.41, 5.74) is 1.52. The van der Waals surface area contributed by atoms with Gasteiger partial charge >= 0.3 is 0 Å². The molecule has 1 aromatic rings. The summed E-state index contributed by atoms with van der Waals surface area (Å²) in [5.74, 6) is -0.0443. The third-order valence-electron chi connectivity index (χ3n) is 2.55. The summed E-state index contributed by atoms with van der Waals surface area (Å²) < 4.78 is 1.68. The quantitative estimate of drug-likeness (QED) is 0.627. The lowest BCUT2D eigenvalue weighted by Crippen LogP contribution is -2.25. The number of aromatic nitrogens is 2. The molecule has 1 rings (SSSR count). The van der Waals surface area contributed by atoms with E-state index in [1.54, 1.807) is 10.9 Å². The van der Waals surface area contributed by atoms with Crippen LogP contribution in [0.1, 0.15) is 42.7 Å². The number of nitrogens with zero attached hydrogens (tertiary/aromatic N) is 2. The molecule has 0 aliphatic heterocycles. The van der Waals surface area contributed by atoms with Gasteiger partial charge in [-0.1, -0.05) is 6.92 Å². The molecule has 1 N–H and O–H groups in total. The first-order chi connectivity index (χ1) is 8.04. The monoisotopic (exact) mass is 257 g/mol. The Morgan fingerprint density at radius 3 is 2.94 bits per heavy atom. The van der Waals surface area contributed by atoms with E-state index in [1.807, 2.05) is 20.9 Å². The number of aryl methyl sites for hydroxylation is 2. The Balaban J connectivity index is 2.46. The van der Waals surface area contributed by atoms with Crippen LogP contribution in [0.2, 0.25) is 0 Å². The molecule has 5 heteroatoms. The van der Waals surface area contributed by atoms with Crippen molar-refractivity contribution in [1.82, 2.24) is 15.1 Å². The number of hydrogen-bond acceptors (Lipinski definition) is 2. The van der Waals surface area contributed by atoms with Gasteiger partial charge in [-0.2, -0.15) is 5.10 Å². The predicted molar refractivity (Wildman–Crippen MR) is 69.5 cm³/mol. The minimum Gasteiger partial charge on any atom is -0.352 e. The lowest BCUT2D eigenvalue weighted by Gasteiger charge is -2.05. The van der Waals surface area contributed by atoms with Crippen molar-refractivity contribution in [3.63, 3.8) is 0 Å². The second-order valence-corrected chi connectivity index (χ2v) is 4.94. The summed E-state index contributed by atoms with van der Waals surface area (Å²) in [6.45, 7) is 4.61. The lowest BCUT2D eigenvalue weighted by molar-refractivity contribution is 0.0952. The highest BCUT2D eigenvalue weighted by Gasteiger charge is 2.13. The van der Waals surface area contributed by atoms with Crippen LogP contribution in [0.4, 0.5) is 0 Å². The molecule has 0 radical (unpaired) electrons. The van der Waals surface area contributed by atoms with Gasteiger partial charge in [-0.15, -0.1) is 11.6 Å². The van der Waals surface area contributed by atoms with E-state index in [4.69, 9.17) is 11.6 Å². The van der Waals surface area contributed by atoms with Gasteiger partial charge in [-0.05, 0) is 26.2 Å². The van der Waals surface area contributed by atoms with E-state index in [0.717, 1.165) is 25.0 Å². The van der Waals surface area contributed by atoms with Crippen molar-refractivity contribution in [2.24, 2.45) is 7.05 Å². The number of halogens is 1. The first-order valence-electron chi connectivity index (χ1n) is 5.99. The standard InChI is InChI=1S/C12H20ClN3O/c1-4-11-10(8-16(3)15-11)12(17)14-7-5-6-9(2)13/h8-9H,4-7H2,1-3H3,(H,14,17). The van der Waals surface area contributed by atoms with Crippen molar-refractivity contribution in [2.45, 2.75) is 38.5 Å². The van der Waals surface area contributed by atoms with Crippen LogP contribution in [-0.4, -0.2) is 27.6 Å². The Morgan fingerprint density at radius 1 is 1.65 bits per heavy atom. The van der Waals surface area contributed by atoms with Crippen LogP contribution >= 0.6 is 11.6 Å². The number of amides is 1. The van der Waals surface area contributed by atoms with Crippen LogP contribution in [-0.2, 0) is 13.5 Å². The second kappa shape index (κ2) is 6.64. The molecule has 1 atom stereocenters. The molecule has 1 aromatic heterocycles. The molecule has 1 amide bonds. The fourth-order valence-corrected chi connectivity index (χ4v) is 1.82. The number of alkyl halides is 1. The zero-order valence-electron chi connectivity index (χ0n) is 10.7. The van der Waals surface area contributed by atoms with E-state index in [0.29, 0.717) is 12.1 Å². The van der Waals surface area contributed by atoms with Gasteiger partial charge < -0.3 is 5.32 Å². The summed E-state index contributed by atoms with van der Waals surface area (Å²) in [4.78, 5) is 11.9. The van der Waals surface area contributed by atoms with Crippen LogP contribution in [0.5, 0.6) is 0 Å². The molecule has 17 heavy (non-hydrogen) atoms. The molecule has 0 saturated carbocycles. The van der Waals surface area contributed by atoms with Gasteiger partial charge in [0.1, 0.15) is 0 Å². The highest BCUT2D eigenvalue weighted by molar-refractivity contribution is 6.20. The lowest BCUT2D eigenvalue weighted by atomic mass is 10.2. The van der Waals surface area contributed by atoms with Crippen molar-refractivity contribution in [2.75, 3.05) is 6.54 Å². The highest BCUT2D eigenvalue weighted by atomic mass is 35.5. The molecule has 0 aromatic carbocycles. The molecule has 0 aliphatic rings. The summed E-state index contributed by atoms with van der Waals surface area (Å²) in [6.07, 6.45) is 4.34. The predicted octanol–water partition coefficient (Wildman–Crippen LogP) is 2.12. The van der Waals surface area contributed by atoms with E-state index in [9.17, 15) is 4.79 Å². The number of carbonyl (C=O) groups is 1. The molecular formula is C12H20ClN3O. The number of carbonyl (C=O) groups excluding carboxylic acids is 1. The minimum absolute atomic E-state index is 0.0443. The maximum absolute atomic E-state index is 11.9. The fraction of sp³-hybridized carbons (Fsp3) is 0.667. The minimum atomic E-state index is -0.0443. The van der Waals surface area contributed by atoms with Crippen LogP contribution < -0.4 is 5.32 Å². The topological polar surface area (TPSA) is 46.9 Å². The Morgan fingerprint density at radius 2 is 2.35 bits per heavy atom. The summed E-state index contributed by atoms with van der Waals surface area (Å²) in [7, 11) is 1.82. The average Bonchev–Trinajstić information content (AvgIpc) is 2.65. The van der Waals surface area contributed by atoms with Gasteiger partial charge in [-0.3, -0.25) is 9.48 Å². The number of rotatable bonds is 6. The van der Waals surface area contributed by atoms with E-state index < -0.39 is 0 Å². The molecule has 96 valence electrons. The van der Waals surface area contributed by atoms with Gasteiger partial charge in [0.15, 0.2) is 0 Å². The second-order valence-electron chi connectivity index (χ2n) is 4.20. The summed E-state index contributed by atoms with van der Waals surface area (Å²) in [6, 6.07) is 0. The van der Waals surface area contributed by atoms with Gasteiger partial charge in [0, 0.05) is 25.2 Å². The average molecular weight is 258 g/mol. The normalized spacial score (nSPS) is 12.5. The van der Waals surface area contributed by atoms with Crippen LogP contribution in [0.15, 0.2) is 6.20 Å². The third kappa shape index (κ3) is 4.38. The Labute approximate surface area is 107 Å². The SMILES string of the molecule is CCc1nn(C)cc1C(=O)NCCCC(C)Cl. The van der Waals surface area contributed by atoms with Crippen molar-refractivity contribution >= 4 is 17.5 Å². The van der Waals surface area contributed by atoms with Crippen molar-refractivity contribution < 1.29 is 4.79 Å². The van der Waals surface area contributed by atoms with Crippen molar-refractivity contribution in [3.05, 3.63) is 17.5 Å². The maximum atomic E-state index is 11.9. The van der Waals surface area contributed by atoms with Gasteiger partial charge in [0.2, 0.25) is 0 Å². The Hall–Kier alpha value is -1.03. The Kier molecular flexibility index (Phi) is 5.48. The van der Waals surface area contributed by atoms with E-state index in [2.05, 4.69) is 10.4 Å². The van der Waals surface area contributed by atoms with E-state index >= 15 is 0 Å². The van der Waals surface area contributed by atoms with Crippen LogP contribution in [0, 0.1) is 0 Å². The van der Waals surface area contributed by atoms with Crippen LogP contribution in [0.25, 0.3) is 0 Å². The van der Waals surface area contributed by atoms with Gasteiger partial charge in [0.25, 0.3) is 5.91 Å². The molecule has 0 spiro atoms. The molecule has 1 unspecified atom stereocenters. The first-order valence-corrected chi connectivity index (χ1v) is 6.43. The summed E-state index contributed by atoms with van der Waals surface area (Å²) in [5, 5.41) is 7.30. The maximum Gasteiger partial charge on any atom is 0.254 e. The van der Waals surface area contributed by atoms with E-state index in [-0.39, 0.29) is 11.3 Å². The van der Waals surface area contributed by atoms with Crippen molar-refractivity contribution in [1.29, 1.82) is 0 Å². The molecule has 4 nitrogen and oxygen atoms in total. The smallest absolute Gasteiger partial charge is 0.254 e. The first kappa shape index (κ1) is 14.0. The fourth-order valence-electron chi connectivity index (χ4n) is 1.67. The van der Waals surface area contributed by atoms with Gasteiger partial charge in [0.05, 0.1) is 11.3 Å². The molecule has 0 aliphatic carbocycles. The van der Waals surface area contributed by atoms with Crippen molar-refractivity contribution in [3.8, 4) is 0 Å². The van der Waals surface area contributed by atoms with Gasteiger partial charge in [-0.25, -0.2) is 0 Å². The zero-order chi connectivity index (χ0) is 12.8. The highest BCUT2D eigenvalue weighted by Crippen LogP contribution is 2.07. The zero-order valence-corrected chi connectivity index (χ0v) is 11.4. The molecule has 1 heterocycles. The van der Waals surface area contributed by atoms with Crippen LogP contribution in [0.3, 0.4) is 0 Å². The number of hydrogen-bond donors (Lipinski definition) is 1. The molecule has 0 saturated heterocycles. The summed E-state index contributed by atoms with van der Waals surface area (Å²) >= 11 is 5.84. The van der Waals surface area contributed by atoms with E-state index in [1.165, 1.54) is 0 Å². The number of nitrogens with one attached hydrogen (secondary N) is 1. The Bertz CT molecular complexity index is 374. The molecule has 0 bridgehead atoms. The molecular weight excluding hydrogens is 238 g/mol.